The summed E-state index contributed by atoms with van der Waals surface area (Å²) >= 11 is 6.08. The Bertz CT molecular complexity index is 609. The second-order valence-corrected chi connectivity index (χ2v) is 6.30. The summed E-state index contributed by atoms with van der Waals surface area (Å²) in [5.41, 5.74) is 2.29. The molecule has 4 heteroatoms. The molecule has 1 atom stereocenters. The first-order chi connectivity index (χ1) is 9.04. The van der Waals surface area contributed by atoms with Crippen molar-refractivity contribution in [2.75, 3.05) is 13.1 Å². The number of aromatic nitrogens is 2. The predicted molar refractivity (Wildman–Crippen MR) is 79.7 cm³/mol. The Hall–Kier alpha value is -1.06. The molecule has 0 bridgehead atoms. The van der Waals surface area contributed by atoms with Crippen LogP contribution in [0, 0.1) is 5.92 Å². The first kappa shape index (κ1) is 12.9. The molecule has 0 spiro atoms. The van der Waals surface area contributed by atoms with Crippen molar-refractivity contribution in [3.63, 3.8) is 0 Å². The summed E-state index contributed by atoms with van der Waals surface area (Å²) in [6.45, 7) is 6.66. The van der Waals surface area contributed by atoms with Gasteiger partial charge in [0.15, 0.2) is 0 Å². The second kappa shape index (κ2) is 4.50. The Balaban J connectivity index is 2.21. The van der Waals surface area contributed by atoms with Gasteiger partial charge in [0.25, 0.3) is 0 Å². The molecule has 1 aromatic carbocycles. The molecule has 0 radical (unpaired) electrons. The Morgan fingerprint density at radius 3 is 2.84 bits per heavy atom. The van der Waals surface area contributed by atoms with E-state index in [-0.39, 0.29) is 5.41 Å². The van der Waals surface area contributed by atoms with Gasteiger partial charge in [-0.3, -0.25) is 0 Å². The number of imidazole rings is 1. The fraction of sp³-hybridized carbons (Fsp3) is 0.533. The van der Waals surface area contributed by atoms with Crippen molar-refractivity contribution in [1.82, 2.24) is 14.9 Å². The number of nitrogens with zero attached hydrogens (tertiary/aromatic N) is 2. The molecule has 2 heterocycles. The molecule has 0 saturated carbocycles. The molecule has 1 saturated heterocycles. The first-order valence-corrected chi connectivity index (χ1v) is 7.25. The molecule has 1 aromatic heterocycles. The highest BCUT2D eigenvalue weighted by Crippen LogP contribution is 2.38. The lowest BCUT2D eigenvalue weighted by atomic mass is 9.75. The maximum Gasteiger partial charge on any atom is 0.117 e. The predicted octanol–water partition coefficient (Wildman–Crippen LogP) is 3.11. The maximum absolute atomic E-state index is 6.08. The summed E-state index contributed by atoms with van der Waals surface area (Å²) in [5.74, 6) is 1.75. The SMILES string of the molecule is CC(C)C1(c2nc3cc(Cl)ccc3n2C)CCNC1. The Morgan fingerprint density at radius 2 is 2.21 bits per heavy atom. The van der Waals surface area contributed by atoms with Crippen LogP contribution in [0.15, 0.2) is 18.2 Å². The molecule has 19 heavy (non-hydrogen) atoms. The molecule has 3 rings (SSSR count). The Morgan fingerprint density at radius 1 is 1.42 bits per heavy atom. The smallest absolute Gasteiger partial charge is 0.117 e. The van der Waals surface area contributed by atoms with E-state index in [4.69, 9.17) is 16.6 Å². The fourth-order valence-corrected chi connectivity index (χ4v) is 3.44. The van der Waals surface area contributed by atoms with Crippen molar-refractivity contribution in [1.29, 1.82) is 0 Å². The van der Waals surface area contributed by atoms with Gasteiger partial charge in [0.05, 0.1) is 11.0 Å². The van der Waals surface area contributed by atoms with Crippen molar-refractivity contribution in [3.05, 3.63) is 29.0 Å². The van der Waals surface area contributed by atoms with E-state index in [1.807, 2.05) is 12.1 Å². The molecule has 1 fully saturated rings. The van der Waals surface area contributed by atoms with Crippen LogP contribution in [0.2, 0.25) is 5.02 Å². The maximum atomic E-state index is 6.08. The minimum atomic E-state index is 0.139. The Labute approximate surface area is 119 Å². The quantitative estimate of drug-likeness (QED) is 0.914. The van der Waals surface area contributed by atoms with Gasteiger partial charge in [-0.05, 0) is 37.1 Å². The van der Waals surface area contributed by atoms with Crippen LogP contribution in [-0.2, 0) is 12.5 Å². The number of nitrogens with one attached hydrogen (secondary N) is 1. The lowest BCUT2D eigenvalue weighted by Gasteiger charge is -2.32. The number of hydrogen-bond acceptors (Lipinski definition) is 2. The van der Waals surface area contributed by atoms with Crippen LogP contribution in [0.5, 0.6) is 0 Å². The van der Waals surface area contributed by atoms with E-state index in [0.29, 0.717) is 5.92 Å². The third-order valence-corrected chi connectivity index (χ3v) is 4.82. The summed E-state index contributed by atoms with van der Waals surface area (Å²) in [4.78, 5) is 4.89. The number of aryl methyl sites for hydroxylation is 1. The van der Waals surface area contributed by atoms with Crippen LogP contribution in [0.1, 0.15) is 26.1 Å². The highest BCUT2D eigenvalue weighted by atomic mass is 35.5. The molecule has 0 aliphatic carbocycles. The Kier molecular flexibility index (Phi) is 3.06. The lowest BCUT2D eigenvalue weighted by molar-refractivity contribution is 0.311. The average Bonchev–Trinajstić information content (AvgIpc) is 2.95. The number of hydrogen-bond donors (Lipinski definition) is 1. The van der Waals surface area contributed by atoms with Gasteiger partial charge in [-0.1, -0.05) is 25.4 Å². The van der Waals surface area contributed by atoms with E-state index >= 15 is 0 Å². The number of rotatable bonds is 2. The molecular weight excluding hydrogens is 258 g/mol. The largest absolute Gasteiger partial charge is 0.331 e. The summed E-state index contributed by atoms with van der Waals surface area (Å²) in [6.07, 6.45) is 1.15. The third kappa shape index (κ3) is 1.87. The molecule has 1 aliphatic heterocycles. The van der Waals surface area contributed by atoms with Gasteiger partial charge in [0.1, 0.15) is 5.82 Å². The first-order valence-electron chi connectivity index (χ1n) is 6.88. The summed E-state index contributed by atoms with van der Waals surface area (Å²) < 4.78 is 2.23. The van der Waals surface area contributed by atoms with Crippen LogP contribution >= 0.6 is 11.6 Å². The molecular formula is C15H20ClN3. The number of benzene rings is 1. The van der Waals surface area contributed by atoms with E-state index in [0.717, 1.165) is 35.6 Å². The zero-order valence-electron chi connectivity index (χ0n) is 11.7. The van der Waals surface area contributed by atoms with Crippen molar-refractivity contribution in [2.45, 2.75) is 25.7 Å². The highest BCUT2D eigenvalue weighted by molar-refractivity contribution is 6.31. The average molecular weight is 278 g/mol. The number of halogens is 1. The topological polar surface area (TPSA) is 29.9 Å². The van der Waals surface area contributed by atoms with Crippen molar-refractivity contribution in [2.24, 2.45) is 13.0 Å². The van der Waals surface area contributed by atoms with E-state index in [9.17, 15) is 0 Å². The minimum Gasteiger partial charge on any atom is -0.331 e. The van der Waals surface area contributed by atoms with Gasteiger partial charge in [-0.25, -0.2) is 4.98 Å². The van der Waals surface area contributed by atoms with Gasteiger partial charge in [-0.15, -0.1) is 0 Å². The molecule has 102 valence electrons. The number of fused-ring (bicyclic) bond motifs is 1. The second-order valence-electron chi connectivity index (χ2n) is 5.87. The fourth-order valence-electron chi connectivity index (χ4n) is 3.27. The van der Waals surface area contributed by atoms with Crippen LogP contribution < -0.4 is 5.32 Å². The molecule has 1 aliphatic rings. The van der Waals surface area contributed by atoms with E-state index < -0.39 is 0 Å². The summed E-state index contributed by atoms with van der Waals surface area (Å²) in [6, 6.07) is 5.95. The zero-order chi connectivity index (χ0) is 13.6. The van der Waals surface area contributed by atoms with Crippen LogP contribution in [-0.4, -0.2) is 22.6 Å². The van der Waals surface area contributed by atoms with Crippen molar-refractivity contribution < 1.29 is 0 Å². The lowest BCUT2D eigenvalue weighted by Crippen LogP contribution is -2.37. The highest BCUT2D eigenvalue weighted by Gasteiger charge is 2.42. The molecule has 2 aromatic rings. The van der Waals surface area contributed by atoms with E-state index in [2.05, 4.69) is 36.8 Å². The van der Waals surface area contributed by atoms with Gasteiger partial charge in [0.2, 0.25) is 0 Å². The molecule has 1 N–H and O–H groups in total. The summed E-state index contributed by atoms with van der Waals surface area (Å²) in [5, 5.41) is 4.25. The van der Waals surface area contributed by atoms with Gasteiger partial charge < -0.3 is 9.88 Å². The van der Waals surface area contributed by atoms with E-state index in [1.165, 1.54) is 5.82 Å². The van der Waals surface area contributed by atoms with Gasteiger partial charge >= 0.3 is 0 Å². The van der Waals surface area contributed by atoms with Crippen molar-refractivity contribution >= 4 is 22.6 Å². The third-order valence-electron chi connectivity index (χ3n) is 4.58. The standard InChI is InChI=1S/C15H20ClN3/c1-10(2)15(6-7-17-9-15)14-18-12-8-11(16)4-5-13(12)19(14)3/h4-5,8,10,17H,6-7,9H2,1-3H3. The molecule has 0 amide bonds. The van der Waals surface area contributed by atoms with Gasteiger partial charge in [0, 0.05) is 24.0 Å². The molecule has 1 unspecified atom stereocenters. The van der Waals surface area contributed by atoms with Crippen molar-refractivity contribution in [3.8, 4) is 0 Å². The summed E-state index contributed by atoms with van der Waals surface area (Å²) in [7, 11) is 2.11. The van der Waals surface area contributed by atoms with Crippen LogP contribution in [0.3, 0.4) is 0 Å². The van der Waals surface area contributed by atoms with Crippen LogP contribution in [0.25, 0.3) is 11.0 Å². The normalized spacial score (nSPS) is 23.6. The zero-order valence-corrected chi connectivity index (χ0v) is 12.5. The molecule has 3 nitrogen and oxygen atoms in total. The van der Waals surface area contributed by atoms with E-state index in [1.54, 1.807) is 0 Å². The monoisotopic (exact) mass is 277 g/mol. The van der Waals surface area contributed by atoms with Crippen LogP contribution in [0.4, 0.5) is 0 Å². The minimum absolute atomic E-state index is 0.139. The van der Waals surface area contributed by atoms with Gasteiger partial charge in [-0.2, -0.15) is 0 Å².